The van der Waals surface area contributed by atoms with E-state index in [0.717, 1.165) is 29.1 Å². The Hall–Kier alpha value is -2.74. The van der Waals surface area contributed by atoms with E-state index in [1.807, 2.05) is 18.2 Å². The van der Waals surface area contributed by atoms with Gasteiger partial charge in [0.05, 0.1) is 11.4 Å². The van der Waals surface area contributed by atoms with Crippen LogP contribution in [0.2, 0.25) is 0 Å². The summed E-state index contributed by atoms with van der Waals surface area (Å²) in [6.07, 6.45) is 0. The van der Waals surface area contributed by atoms with Crippen LogP contribution in [0, 0.1) is 0 Å². The summed E-state index contributed by atoms with van der Waals surface area (Å²) in [5.74, 6) is 0. The molecule has 0 radical (unpaired) electrons. The number of hydrogen-bond acceptors (Lipinski definition) is 2. The van der Waals surface area contributed by atoms with E-state index < -0.39 is 0 Å². The van der Waals surface area contributed by atoms with Crippen molar-refractivity contribution >= 4 is 28.9 Å². The van der Waals surface area contributed by atoms with Crippen molar-refractivity contribution in [3.8, 4) is 0 Å². The zero-order valence-electron chi connectivity index (χ0n) is 12.7. The van der Waals surface area contributed by atoms with Gasteiger partial charge in [0.1, 0.15) is 0 Å². The van der Waals surface area contributed by atoms with Crippen LogP contribution in [0.1, 0.15) is 18.1 Å². The lowest BCUT2D eigenvalue weighted by atomic mass is 9.95. The van der Waals surface area contributed by atoms with Gasteiger partial charge in [0.15, 0.2) is 0 Å². The second-order valence-electron chi connectivity index (χ2n) is 5.02. The van der Waals surface area contributed by atoms with Crippen LogP contribution >= 0.6 is 0 Å². The summed E-state index contributed by atoms with van der Waals surface area (Å²) in [4.78, 5) is 8.90. The van der Waals surface area contributed by atoms with Gasteiger partial charge in [-0.25, -0.2) is 0 Å². The zero-order chi connectivity index (χ0) is 15.4. The fraction of sp³-hybridized carbons (Fsp3) is 0.100. The molecule has 0 saturated carbocycles. The van der Waals surface area contributed by atoms with E-state index in [4.69, 9.17) is 4.99 Å². The Bertz CT molecular complexity index is 842. The molecule has 0 aliphatic rings. The summed E-state index contributed by atoms with van der Waals surface area (Å²) in [6.45, 7) is 6.46. The first-order valence-corrected chi connectivity index (χ1v) is 7.44. The van der Waals surface area contributed by atoms with Crippen LogP contribution in [0.25, 0.3) is 10.8 Å². The number of rotatable bonds is 4. The van der Waals surface area contributed by atoms with Crippen LogP contribution < -0.4 is 0 Å². The quantitative estimate of drug-likeness (QED) is 0.601. The van der Waals surface area contributed by atoms with Crippen LogP contribution in [0.15, 0.2) is 76.7 Å². The van der Waals surface area contributed by atoms with Gasteiger partial charge in [-0.1, -0.05) is 60.7 Å². The average Bonchev–Trinajstić information content (AvgIpc) is 2.59. The molecule has 0 bridgehead atoms. The van der Waals surface area contributed by atoms with Crippen LogP contribution in [-0.4, -0.2) is 19.0 Å². The molecule has 3 aromatic carbocycles. The summed E-state index contributed by atoms with van der Waals surface area (Å²) >= 11 is 0. The largest absolute Gasteiger partial charge is 0.284 e. The minimum absolute atomic E-state index is 0.726. The molecular formula is C20H18N2. The monoisotopic (exact) mass is 286 g/mol. The zero-order valence-corrected chi connectivity index (χ0v) is 12.7. The molecule has 2 heteroatoms. The lowest BCUT2D eigenvalue weighted by Gasteiger charge is -2.12. The van der Waals surface area contributed by atoms with Crippen LogP contribution in [0.4, 0.5) is 5.69 Å². The normalized spacial score (nSPS) is 11.6. The third kappa shape index (κ3) is 2.56. The maximum absolute atomic E-state index is 4.75. The molecular weight excluding hydrogens is 268 g/mol. The van der Waals surface area contributed by atoms with Crippen molar-refractivity contribution in [1.29, 1.82) is 0 Å². The summed E-state index contributed by atoms with van der Waals surface area (Å²) in [5, 5.41) is 2.42. The molecule has 0 amide bonds. The lowest BCUT2D eigenvalue weighted by Crippen LogP contribution is -2.05. The smallest absolute Gasteiger partial charge is 0.0746 e. The molecule has 0 spiro atoms. The number of hydrogen-bond donors (Lipinski definition) is 0. The predicted molar refractivity (Wildman–Crippen MR) is 95.8 cm³/mol. The van der Waals surface area contributed by atoms with E-state index in [0.29, 0.717) is 0 Å². The molecule has 0 heterocycles. The predicted octanol–water partition coefficient (Wildman–Crippen LogP) is 5.03. The molecule has 3 aromatic rings. The third-order valence-electron chi connectivity index (χ3n) is 3.69. The Morgan fingerprint density at radius 2 is 1.55 bits per heavy atom. The minimum Gasteiger partial charge on any atom is -0.284 e. The first-order chi connectivity index (χ1) is 10.8. The van der Waals surface area contributed by atoms with Crippen molar-refractivity contribution < 1.29 is 0 Å². The molecule has 0 aliphatic heterocycles. The highest BCUT2D eigenvalue weighted by molar-refractivity contribution is 6.21. The highest BCUT2D eigenvalue weighted by Gasteiger charge is 2.13. The molecule has 0 saturated heterocycles. The van der Waals surface area contributed by atoms with Crippen molar-refractivity contribution in [1.82, 2.24) is 0 Å². The topological polar surface area (TPSA) is 24.7 Å². The third-order valence-corrected chi connectivity index (χ3v) is 3.69. The van der Waals surface area contributed by atoms with Crippen LogP contribution in [0.5, 0.6) is 0 Å². The first-order valence-electron chi connectivity index (χ1n) is 7.44. The Labute approximate surface area is 130 Å². The van der Waals surface area contributed by atoms with Gasteiger partial charge in [-0.15, -0.1) is 0 Å². The summed E-state index contributed by atoms with van der Waals surface area (Å²) in [6, 6.07) is 22.7. The summed E-state index contributed by atoms with van der Waals surface area (Å²) < 4.78 is 0. The summed E-state index contributed by atoms with van der Waals surface area (Å²) in [5.41, 5.74) is 4.00. The molecule has 0 N–H and O–H groups in total. The van der Waals surface area contributed by atoms with Gasteiger partial charge in [-0.2, -0.15) is 0 Å². The summed E-state index contributed by atoms with van der Waals surface area (Å²) in [7, 11) is 0. The van der Waals surface area contributed by atoms with E-state index in [1.165, 1.54) is 10.8 Å². The van der Waals surface area contributed by atoms with E-state index in [9.17, 15) is 0 Å². The van der Waals surface area contributed by atoms with E-state index in [-0.39, 0.29) is 0 Å². The molecule has 0 aromatic heterocycles. The van der Waals surface area contributed by atoms with Gasteiger partial charge < -0.3 is 0 Å². The number of nitrogens with zero attached hydrogens (tertiary/aromatic N) is 2. The van der Waals surface area contributed by atoms with Crippen LogP contribution in [-0.2, 0) is 0 Å². The van der Waals surface area contributed by atoms with Crippen molar-refractivity contribution in [3.05, 3.63) is 77.9 Å². The molecule has 108 valence electrons. The molecule has 0 atom stereocenters. The Balaban J connectivity index is 2.28. The molecule has 0 aliphatic carbocycles. The number of para-hydroxylation sites is 1. The second kappa shape index (κ2) is 6.35. The molecule has 22 heavy (non-hydrogen) atoms. The highest BCUT2D eigenvalue weighted by Crippen LogP contribution is 2.26. The standard InChI is InChI=1S/C20H18N2/c1-3-22-20(18-12-6-7-14-19(18)21-2)17-13-8-10-15-9-4-5-11-16(15)17/h4-14H,2-3H2,1H3. The fourth-order valence-electron chi connectivity index (χ4n) is 2.72. The van der Waals surface area contributed by atoms with Gasteiger partial charge in [0.25, 0.3) is 0 Å². The SMILES string of the molecule is C=Nc1ccccc1C(=NCC)c1cccc2ccccc12. The van der Waals surface area contributed by atoms with Crippen molar-refractivity contribution in [2.45, 2.75) is 6.92 Å². The number of aliphatic imine (C=N–C) groups is 2. The van der Waals surface area contributed by atoms with Crippen molar-refractivity contribution in [3.63, 3.8) is 0 Å². The van der Waals surface area contributed by atoms with Gasteiger partial charge >= 0.3 is 0 Å². The van der Waals surface area contributed by atoms with Crippen LogP contribution in [0.3, 0.4) is 0 Å². The lowest BCUT2D eigenvalue weighted by molar-refractivity contribution is 1.13. The van der Waals surface area contributed by atoms with Gasteiger partial charge in [0, 0.05) is 17.7 Å². The maximum Gasteiger partial charge on any atom is 0.0746 e. The Morgan fingerprint density at radius 3 is 2.36 bits per heavy atom. The van der Waals surface area contributed by atoms with Gasteiger partial charge in [0.2, 0.25) is 0 Å². The molecule has 0 unspecified atom stereocenters. The molecule has 3 rings (SSSR count). The number of benzene rings is 3. The average molecular weight is 286 g/mol. The van der Waals surface area contributed by atoms with Gasteiger partial charge in [-0.3, -0.25) is 9.98 Å². The minimum atomic E-state index is 0.726. The first kappa shape index (κ1) is 14.2. The van der Waals surface area contributed by atoms with Crippen molar-refractivity contribution in [2.75, 3.05) is 6.54 Å². The highest BCUT2D eigenvalue weighted by atomic mass is 14.8. The van der Waals surface area contributed by atoms with Gasteiger partial charge in [-0.05, 0) is 30.5 Å². The van der Waals surface area contributed by atoms with Crippen molar-refractivity contribution in [2.24, 2.45) is 9.98 Å². The van der Waals surface area contributed by atoms with E-state index >= 15 is 0 Å². The molecule has 2 nitrogen and oxygen atoms in total. The van der Waals surface area contributed by atoms with E-state index in [2.05, 4.69) is 67.2 Å². The maximum atomic E-state index is 4.75. The fourth-order valence-corrected chi connectivity index (χ4v) is 2.72. The van der Waals surface area contributed by atoms with E-state index in [1.54, 1.807) is 0 Å². The Morgan fingerprint density at radius 1 is 0.864 bits per heavy atom. The Kier molecular flexibility index (Phi) is 4.10. The second-order valence-corrected chi connectivity index (χ2v) is 5.02. The molecule has 0 fully saturated rings. The number of fused-ring (bicyclic) bond motifs is 1.